The Morgan fingerprint density at radius 3 is 3.13 bits per heavy atom. The van der Waals surface area contributed by atoms with E-state index in [-0.39, 0.29) is 30.5 Å². The van der Waals surface area contributed by atoms with E-state index in [4.69, 9.17) is 4.74 Å². The molecule has 2 atom stereocenters. The second-order valence-corrected chi connectivity index (χ2v) is 6.49. The van der Waals surface area contributed by atoms with Crippen molar-refractivity contribution < 1.29 is 14.3 Å². The third kappa shape index (κ3) is 2.71. The van der Waals surface area contributed by atoms with Crippen LogP contribution >= 0.6 is 0 Å². The van der Waals surface area contributed by atoms with Crippen LogP contribution in [0.4, 0.5) is 0 Å². The van der Waals surface area contributed by atoms with Crippen molar-refractivity contribution in [3.63, 3.8) is 0 Å². The molecule has 8 nitrogen and oxygen atoms in total. The SMILES string of the molecule is O=C1CCCCN1CC(=O)N1CC[C@@H]2OCc3cnnn3[C@H]2C1. The van der Waals surface area contributed by atoms with Crippen LogP contribution < -0.4 is 0 Å². The highest BCUT2D eigenvalue weighted by Gasteiger charge is 2.38. The molecule has 23 heavy (non-hydrogen) atoms. The summed E-state index contributed by atoms with van der Waals surface area (Å²) in [5.74, 6) is 0.116. The van der Waals surface area contributed by atoms with Crippen LogP contribution in [0.15, 0.2) is 6.20 Å². The van der Waals surface area contributed by atoms with Gasteiger partial charge in [0, 0.05) is 26.1 Å². The zero-order valence-corrected chi connectivity index (χ0v) is 13.1. The van der Waals surface area contributed by atoms with E-state index >= 15 is 0 Å². The first-order valence-electron chi connectivity index (χ1n) is 8.28. The van der Waals surface area contributed by atoms with Gasteiger partial charge in [-0.05, 0) is 19.3 Å². The maximum Gasteiger partial charge on any atom is 0.242 e. The van der Waals surface area contributed by atoms with Crippen LogP contribution in [0.2, 0.25) is 0 Å². The summed E-state index contributed by atoms with van der Waals surface area (Å²) in [6, 6.07) is 0.0241. The molecule has 0 saturated carbocycles. The topological polar surface area (TPSA) is 80.6 Å². The van der Waals surface area contributed by atoms with Crippen molar-refractivity contribution in [2.24, 2.45) is 0 Å². The lowest BCUT2D eigenvalue weighted by atomic mass is 10.00. The number of carbonyl (C=O) groups is 2. The monoisotopic (exact) mass is 319 g/mol. The van der Waals surface area contributed by atoms with Crippen molar-refractivity contribution in [3.8, 4) is 0 Å². The van der Waals surface area contributed by atoms with Crippen molar-refractivity contribution in [1.82, 2.24) is 24.8 Å². The number of aromatic nitrogens is 3. The predicted molar refractivity (Wildman–Crippen MR) is 79.3 cm³/mol. The molecular formula is C15H21N5O3. The van der Waals surface area contributed by atoms with Crippen molar-refractivity contribution in [1.29, 1.82) is 0 Å². The van der Waals surface area contributed by atoms with Gasteiger partial charge < -0.3 is 14.5 Å². The van der Waals surface area contributed by atoms with E-state index in [1.165, 1.54) is 0 Å². The molecule has 1 aromatic heterocycles. The summed E-state index contributed by atoms with van der Waals surface area (Å²) in [7, 11) is 0. The number of fused-ring (bicyclic) bond motifs is 3. The predicted octanol–water partition coefficient (Wildman–Crippen LogP) is -0.0372. The minimum atomic E-state index is 0.0194. The van der Waals surface area contributed by atoms with E-state index in [0.29, 0.717) is 32.7 Å². The number of rotatable bonds is 2. The van der Waals surface area contributed by atoms with Crippen LogP contribution in [-0.4, -0.2) is 68.9 Å². The number of piperidine rings is 2. The molecule has 8 heteroatoms. The molecule has 1 aromatic rings. The summed E-state index contributed by atoms with van der Waals surface area (Å²) in [6.45, 7) is 2.67. The second kappa shape index (κ2) is 5.92. The Hall–Kier alpha value is -1.96. The van der Waals surface area contributed by atoms with Crippen LogP contribution in [0.5, 0.6) is 0 Å². The third-order valence-electron chi connectivity index (χ3n) is 5.03. The molecule has 2 amide bonds. The molecule has 124 valence electrons. The fourth-order valence-corrected chi connectivity index (χ4v) is 3.70. The highest BCUT2D eigenvalue weighted by molar-refractivity contribution is 5.85. The second-order valence-electron chi connectivity index (χ2n) is 6.49. The van der Waals surface area contributed by atoms with Crippen molar-refractivity contribution in [2.45, 2.75) is 44.4 Å². The Balaban J connectivity index is 1.43. The zero-order valence-electron chi connectivity index (χ0n) is 13.1. The number of nitrogens with zero attached hydrogens (tertiary/aromatic N) is 5. The molecule has 0 radical (unpaired) electrons. The average Bonchev–Trinajstić information content (AvgIpc) is 3.05. The highest BCUT2D eigenvalue weighted by Crippen LogP contribution is 2.30. The van der Waals surface area contributed by atoms with Crippen molar-refractivity contribution in [2.75, 3.05) is 26.2 Å². The van der Waals surface area contributed by atoms with Gasteiger partial charge in [0.2, 0.25) is 11.8 Å². The van der Waals surface area contributed by atoms with Crippen LogP contribution in [0.1, 0.15) is 37.4 Å². The summed E-state index contributed by atoms with van der Waals surface area (Å²) in [5, 5.41) is 8.09. The maximum atomic E-state index is 12.6. The van der Waals surface area contributed by atoms with Gasteiger partial charge in [-0.25, -0.2) is 4.68 Å². The fraction of sp³-hybridized carbons (Fsp3) is 0.733. The van der Waals surface area contributed by atoms with Gasteiger partial charge in [-0.2, -0.15) is 0 Å². The smallest absolute Gasteiger partial charge is 0.242 e. The summed E-state index contributed by atoms with van der Waals surface area (Å²) >= 11 is 0. The number of likely N-dealkylation sites (tertiary alicyclic amines) is 2. The van der Waals surface area contributed by atoms with Gasteiger partial charge in [0.25, 0.3) is 0 Å². The summed E-state index contributed by atoms with van der Waals surface area (Å²) < 4.78 is 7.75. The van der Waals surface area contributed by atoms with Gasteiger partial charge in [-0.1, -0.05) is 5.21 Å². The molecule has 2 saturated heterocycles. The van der Waals surface area contributed by atoms with E-state index in [9.17, 15) is 9.59 Å². The van der Waals surface area contributed by atoms with E-state index < -0.39 is 0 Å². The van der Waals surface area contributed by atoms with Gasteiger partial charge in [0.15, 0.2) is 0 Å². The van der Waals surface area contributed by atoms with Crippen LogP contribution in [-0.2, 0) is 20.9 Å². The van der Waals surface area contributed by atoms with Gasteiger partial charge in [0.05, 0.1) is 37.2 Å². The minimum absolute atomic E-state index is 0.0194. The Labute approximate surface area is 134 Å². The Kier molecular flexibility index (Phi) is 3.76. The van der Waals surface area contributed by atoms with Gasteiger partial charge >= 0.3 is 0 Å². The molecule has 0 aromatic carbocycles. The summed E-state index contributed by atoms with van der Waals surface area (Å²) in [6.07, 6.45) is 5.08. The first kappa shape index (κ1) is 14.6. The standard InChI is InChI=1S/C15H21N5O3/c21-14-3-1-2-5-18(14)9-15(22)19-6-4-13-12(8-19)20-11(10-23-13)7-16-17-20/h7,12-13H,1-6,8-10H2/t12-,13-/m0/s1. The van der Waals surface area contributed by atoms with E-state index in [0.717, 1.165) is 25.0 Å². The Morgan fingerprint density at radius 2 is 2.26 bits per heavy atom. The van der Waals surface area contributed by atoms with Crippen molar-refractivity contribution >= 4 is 11.8 Å². The number of amides is 2. The highest BCUT2D eigenvalue weighted by atomic mass is 16.5. The molecule has 0 aliphatic carbocycles. The van der Waals surface area contributed by atoms with Crippen LogP contribution in [0.25, 0.3) is 0 Å². The quantitative estimate of drug-likeness (QED) is 0.764. The minimum Gasteiger partial charge on any atom is -0.370 e. The summed E-state index contributed by atoms with van der Waals surface area (Å²) in [4.78, 5) is 28.0. The lowest BCUT2D eigenvalue weighted by Gasteiger charge is -2.41. The van der Waals surface area contributed by atoms with E-state index in [2.05, 4.69) is 10.3 Å². The average molecular weight is 319 g/mol. The molecule has 0 N–H and O–H groups in total. The normalized spacial score (nSPS) is 27.6. The molecule has 0 unspecified atom stereocenters. The van der Waals surface area contributed by atoms with Crippen LogP contribution in [0, 0.1) is 0 Å². The van der Waals surface area contributed by atoms with E-state index in [1.807, 2.05) is 9.58 Å². The number of carbonyl (C=O) groups excluding carboxylic acids is 2. The Bertz CT molecular complexity index is 616. The zero-order chi connectivity index (χ0) is 15.8. The van der Waals surface area contributed by atoms with Gasteiger partial charge in [-0.15, -0.1) is 5.10 Å². The largest absolute Gasteiger partial charge is 0.370 e. The molecule has 4 heterocycles. The number of hydrogen-bond donors (Lipinski definition) is 0. The first-order chi connectivity index (χ1) is 11.2. The number of hydrogen-bond acceptors (Lipinski definition) is 5. The molecule has 3 aliphatic rings. The third-order valence-corrected chi connectivity index (χ3v) is 5.03. The molecule has 4 rings (SSSR count). The van der Waals surface area contributed by atoms with Crippen LogP contribution in [0.3, 0.4) is 0 Å². The first-order valence-corrected chi connectivity index (χ1v) is 8.28. The summed E-state index contributed by atoms with van der Waals surface area (Å²) in [5.41, 5.74) is 0.951. The van der Waals surface area contributed by atoms with Gasteiger partial charge in [0.1, 0.15) is 0 Å². The molecule has 3 aliphatic heterocycles. The van der Waals surface area contributed by atoms with E-state index in [1.54, 1.807) is 11.1 Å². The number of ether oxygens (including phenoxy) is 1. The molecule has 0 spiro atoms. The lowest BCUT2D eigenvalue weighted by molar-refractivity contribution is -0.145. The lowest BCUT2D eigenvalue weighted by Crippen LogP contribution is -2.52. The Morgan fingerprint density at radius 1 is 1.35 bits per heavy atom. The molecular weight excluding hydrogens is 298 g/mol. The molecule has 2 fully saturated rings. The fourth-order valence-electron chi connectivity index (χ4n) is 3.70. The van der Waals surface area contributed by atoms with Crippen molar-refractivity contribution in [3.05, 3.63) is 11.9 Å². The molecule has 0 bridgehead atoms. The van der Waals surface area contributed by atoms with Gasteiger partial charge in [-0.3, -0.25) is 9.59 Å². The maximum absolute atomic E-state index is 12.6.